The second-order valence-electron chi connectivity index (χ2n) is 11.8. The largest absolute Gasteiger partial charge is 0.412 e. The lowest BCUT2D eigenvalue weighted by Crippen LogP contribution is -2.54. The van der Waals surface area contributed by atoms with E-state index in [-0.39, 0.29) is 17.7 Å². The van der Waals surface area contributed by atoms with Crippen molar-refractivity contribution in [3.63, 3.8) is 0 Å². The van der Waals surface area contributed by atoms with Crippen LogP contribution in [-0.4, -0.2) is 26.1 Å². The van der Waals surface area contributed by atoms with Crippen molar-refractivity contribution in [3.8, 4) is 0 Å². The molecule has 0 fully saturated rings. The van der Waals surface area contributed by atoms with E-state index in [4.69, 9.17) is 4.43 Å². The molecule has 194 valence electrons. The van der Waals surface area contributed by atoms with Crippen LogP contribution in [0.5, 0.6) is 0 Å². The number of allylic oxidation sites excluding steroid dienone is 2. The third-order valence-corrected chi connectivity index (χ3v) is 15.9. The molecule has 3 rings (SSSR count). The molecule has 0 spiro atoms. The number of rotatable bonds is 12. The predicted octanol–water partition coefficient (Wildman–Crippen LogP) is 8.62. The van der Waals surface area contributed by atoms with Gasteiger partial charge in [0.2, 0.25) is 8.32 Å². The van der Waals surface area contributed by atoms with Crippen LogP contribution in [-0.2, 0) is 16.5 Å². The Labute approximate surface area is 223 Å². The number of hydrogen-bond donors (Lipinski definition) is 1. The molecule has 5 heteroatoms. The molecule has 1 aliphatic rings. The Bertz CT molecular complexity index is 888. The molecule has 2 heterocycles. The van der Waals surface area contributed by atoms with Crippen LogP contribution in [0.4, 0.5) is 0 Å². The average molecular weight is 531 g/mol. The first-order chi connectivity index (χ1) is 16.6. The van der Waals surface area contributed by atoms with Crippen LogP contribution in [0.15, 0.2) is 59.3 Å². The summed E-state index contributed by atoms with van der Waals surface area (Å²) in [7, 11) is -2.29. The molecule has 35 heavy (non-hydrogen) atoms. The van der Waals surface area contributed by atoms with Crippen LogP contribution in [0.3, 0.4) is 0 Å². The minimum atomic E-state index is -2.29. The van der Waals surface area contributed by atoms with Gasteiger partial charge < -0.3 is 9.53 Å². The van der Waals surface area contributed by atoms with Crippen molar-refractivity contribution in [3.05, 3.63) is 69.1 Å². The summed E-state index contributed by atoms with van der Waals surface area (Å²) >= 11 is 3.72. The minimum absolute atomic E-state index is 0.0781. The van der Waals surface area contributed by atoms with E-state index in [0.717, 1.165) is 31.4 Å². The highest BCUT2D eigenvalue weighted by atomic mass is 32.1. The van der Waals surface area contributed by atoms with E-state index in [1.807, 2.05) is 28.7 Å². The third-order valence-electron chi connectivity index (χ3n) is 8.22. The number of hydrogen-bond acceptors (Lipinski definition) is 4. The van der Waals surface area contributed by atoms with Gasteiger partial charge in [-0.15, -0.1) is 29.3 Å². The SMILES string of the molecule is C=CCC(C[C@H]1C(C)=CC[C@H](C(C)C)[C@H]1CO)O[Si](Cc1cccs1)(Cc1cccs1)C(C)(C)C. The average Bonchev–Trinajstić information content (AvgIpc) is 3.48. The normalized spacial score (nSPS) is 22.3. The molecule has 2 aromatic rings. The quantitative estimate of drug-likeness (QED) is 0.220. The van der Waals surface area contributed by atoms with Gasteiger partial charge in [0, 0.05) is 34.6 Å². The van der Waals surface area contributed by atoms with Crippen molar-refractivity contribution in [1.82, 2.24) is 0 Å². The number of aliphatic hydroxyl groups excluding tert-OH is 1. The van der Waals surface area contributed by atoms with Crippen molar-refractivity contribution in [2.24, 2.45) is 23.7 Å². The fourth-order valence-electron chi connectivity index (χ4n) is 5.90. The minimum Gasteiger partial charge on any atom is -0.412 e. The summed E-state index contributed by atoms with van der Waals surface area (Å²) in [4.78, 5) is 2.87. The van der Waals surface area contributed by atoms with Crippen molar-refractivity contribution >= 4 is 31.0 Å². The monoisotopic (exact) mass is 530 g/mol. The van der Waals surface area contributed by atoms with Crippen molar-refractivity contribution in [1.29, 1.82) is 0 Å². The summed E-state index contributed by atoms with van der Waals surface area (Å²) in [6.07, 6.45) is 7.48. The summed E-state index contributed by atoms with van der Waals surface area (Å²) in [5, 5.41) is 14.9. The smallest absolute Gasteiger partial charge is 0.208 e. The van der Waals surface area contributed by atoms with Gasteiger partial charge in [0.05, 0.1) is 0 Å². The molecule has 0 aromatic carbocycles. The van der Waals surface area contributed by atoms with Gasteiger partial charge >= 0.3 is 0 Å². The van der Waals surface area contributed by atoms with Crippen LogP contribution < -0.4 is 0 Å². The van der Waals surface area contributed by atoms with Crippen molar-refractivity contribution in [2.45, 2.75) is 84.0 Å². The highest BCUT2D eigenvalue weighted by molar-refractivity contribution is 7.11. The molecule has 1 unspecified atom stereocenters. The molecule has 0 saturated carbocycles. The maximum absolute atomic E-state index is 10.5. The molecule has 0 aliphatic heterocycles. The first-order valence-electron chi connectivity index (χ1n) is 13.2. The van der Waals surface area contributed by atoms with Gasteiger partial charge in [0.1, 0.15) is 0 Å². The third kappa shape index (κ3) is 7.07. The standard InChI is InChI=1S/C30H46O2S2Si/c1-8-11-24(18-28-23(4)14-15-27(22(2)3)29(28)19-31)32-35(30(5,6)7,20-25-12-9-16-33-25)21-26-13-10-17-34-26/h8-10,12-14,16-17,22,24,27-29,31H,1,11,15,18-21H2,2-7H3/t24?,27-,28+,29-/m1/s1. The summed E-state index contributed by atoms with van der Waals surface area (Å²) in [6.45, 7) is 18.4. The molecule has 0 amide bonds. The van der Waals surface area contributed by atoms with E-state index in [9.17, 15) is 5.11 Å². The molecule has 1 aliphatic carbocycles. The highest BCUT2D eigenvalue weighted by Crippen LogP contribution is 2.46. The van der Waals surface area contributed by atoms with Gasteiger partial charge in [-0.3, -0.25) is 0 Å². The molecule has 0 saturated heterocycles. The highest BCUT2D eigenvalue weighted by Gasteiger charge is 2.49. The van der Waals surface area contributed by atoms with Gasteiger partial charge in [-0.05, 0) is 77.8 Å². The summed E-state index contributed by atoms with van der Waals surface area (Å²) in [6, 6.07) is 11.0. The lowest BCUT2D eigenvalue weighted by Gasteiger charge is -2.46. The molecule has 2 nitrogen and oxygen atoms in total. The Kier molecular flexibility index (Phi) is 10.2. The van der Waals surface area contributed by atoms with Gasteiger partial charge in [-0.1, -0.05) is 64.5 Å². The Morgan fingerprint density at radius 1 is 1.14 bits per heavy atom. The van der Waals surface area contributed by atoms with E-state index in [0.29, 0.717) is 23.7 Å². The van der Waals surface area contributed by atoms with E-state index >= 15 is 0 Å². The molecular formula is C30H46O2S2Si. The van der Waals surface area contributed by atoms with Crippen LogP contribution >= 0.6 is 22.7 Å². The van der Waals surface area contributed by atoms with Gasteiger partial charge in [0.15, 0.2) is 0 Å². The Hall–Kier alpha value is -0.983. The van der Waals surface area contributed by atoms with Crippen molar-refractivity contribution in [2.75, 3.05) is 6.61 Å². The number of thiophene rings is 2. The van der Waals surface area contributed by atoms with Crippen molar-refractivity contribution < 1.29 is 9.53 Å². The predicted molar refractivity (Wildman–Crippen MR) is 157 cm³/mol. The van der Waals surface area contributed by atoms with E-state index in [1.54, 1.807) is 0 Å². The molecule has 0 radical (unpaired) electrons. The first kappa shape index (κ1) is 28.6. The lowest BCUT2D eigenvalue weighted by molar-refractivity contribution is 0.0675. The summed E-state index contributed by atoms with van der Waals surface area (Å²) in [5.41, 5.74) is 1.43. The van der Waals surface area contributed by atoms with E-state index < -0.39 is 8.32 Å². The van der Waals surface area contributed by atoms with Crippen LogP contribution in [0.1, 0.15) is 70.6 Å². The Morgan fingerprint density at radius 2 is 1.74 bits per heavy atom. The fourth-order valence-corrected chi connectivity index (χ4v) is 12.8. The second kappa shape index (κ2) is 12.5. The lowest BCUT2D eigenvalue weighted by atomic mass is 9.67. The fraction of sp³-hybridized carbons (Fsp3) is 0.600. The molecule has 2 aromatic heterocycles. The van der Waals surface area contributed by atoms with Crippen LogP contribution in [0.25, 0.3) is 0 Å². The zero-order valence-corrected chi connectivity index (χ0v) is 25.3. The molecule has 4 atom stereocenters. The molecular weight excluding hydrogens is 485 g/mol. The molecule has 1 N–H and O–H groups in total. The maximum Gasteiger partial charge on any atom is 0.208 e. The zero-order valence-electron chi connectivity index (χ0n) is 22.6. The number of aliphatic hydroxyl groups is 1. The summed E-state index contributed by atoms with van der Waals surface area (Å²) < 4.78 is 7.50. The Balaban J connectivity index is 1.96. The zero-order chi connectivity index (χ0) is 25.6. The van der Waals surface area contributed by atoms with Crippen LogP contribution in [0.2, 0.25) is 5.04 Å². The second-order valence-corrected chi connectivity index (χ2v) is 18.3. The first-order valence-corrected chi connectivity index (χ1v) is 17.3. The van der Waals surface area contributed by atoms with Gasteiger partial charge in [-0.25, -0.2) is 0 Å². The molecule has 0 bridgehead atoms. The van der Waals surface area contributed by atoms with Gasteiger partial charge in [0.25, 0.3) is 0 Å². The Morgan fingerprint density at radius 3 is 2.17 bits per heavy atom. The summed E-state index contributed by atoms with van der Waals surface area (Å²) in [5.74, 6) is 1.76. The van der Waals surface area contributed by atoms with Gasteiger partial charge in [-0.2, -0.15) is 0 Å². The maximum atomic E-state index is 10.5. The van der Waals surface area contributed by atoms with E-state index in [1.165, 1.54) is 15.3 Å². The topological polar surface area (TPSA) is 29.5 Å². The van der Waals surface area contributed by atoms with E-state index in [2.05, 4.69) is 89.2 Å². The van der Waals surface area contributed by atoms with Crippen LogP contribution in [0, 0.1) is 23.7 Å².